The van der Waals surface area contributed by atoms with Crippen LogP contribution in [0, 0.1) is 5.41 Å². The lowest BCUT2D eigenvalue weighted by Crippen LogP contribution is -2.29. The van der Waals surface area contributed by atoms with Gasteiger partial charge in [-0.2, -0.15) is 0 Å². The molecule has 1 fully saturated rings. The first-order valence-electron chi connectivity index (χ1n) is 8.02. The Morgan fingerprint density at radius 1 is 1.16 bits per heavy atom. The molecule has 0 saturated heterocycles. The quantitative estimate of drug-likeness (QED) is 0.367. The van der Waals surface area contributed by atoms with Gasteiger partial charge >= 0.3 is 5.97 Å². The van der Waals surface area contributed by atoms with Gasteiger partial charge in [-0.15, -0.1) is 0 Å². The zero-order chi connectivity index (χ0) is 14.0. The first-order valence-corrected chi connectivity index (χ1v) is 8.02. The van der Waals surface area contributed by atoms with E-state index in [-0.39, 0.29) is 11.4 Å². The molecule has 0 aromatic carbocycles. The van der Waals surface area contributed by atoms with Gasteiger partial charge in [0.15, 0.2) is 0 Å². The minimum absolute atomic E-state index is 0.244. The minimum Gasteiger partial charge on any atom is -0.462 e. The van der Waals surface area contributed by atoms with Gasteiger partial charge in [0.05, 0.1) is 6.61 Å². The second kappa shape index (κ2) is 9.17. The third-order valence-corrected chi connectivity index (χ3v) is 4.41. The third-order valence-electron chi connectivity index (χ3n) is 4.41. The first kappa shape index (κ1) is 16.3. The van der Waals surface area contributed by atoms with Crippen LogP contribution in [-0.2, 0) is 9.53 Å². The van der Waals surface area contributed by atoms with Crippen LogP contribution in [0.5, 0.6) is 0 Å². The molecule has 0 heterocycles. The van der Waals surface area contributed by atoms with Crippen LogP contribution in [0.1, 0.15) is 77.6 Å². The molecule has 0 radical (unpaired) electrons. The second-order valence-electron chi connectivity index (χ2n) is 6.04. The van der Waals surface area contributed by atoms with E-state index in [1.165, 1.54) is 76.7 Å². The molecule has 0 N–H and O–H groups in total. The molecule has 2 nitrogen and oxygen atoms in total. The summed E-state index contributed by atoms with van der Waals surface area (Å²) in [7, 11) is 0. The maximum atomic E-state index is 11.3. The standard InChI is InChI=1S/C17H30O2/c1-3-5-9-12-17(15-19-16(18)4-2)13-10-7-6-8-11-14-17/h4H,2-3,5-15H2,1H3. The van der Waals surface area contributed by atoms with Crippen molar-refractivity contribution in [3.05, 3.63) is 12.7 Å². The normalized spacial score (nSPS) is 19.2. The highest BCUT2D eigenvalue weighted by Gasteiger charge is 2.31. The van der Waals surface area contributed by atoms with Crippen molar-refractivity contribution in [2.75, 3.05) is 6.61 Å². The topological polar surface area (TPSA) is 26.3 Å². The fraction of sp³-hybridized carbons (Fsp3) is 0.824. The molecular formula is C17H30O2. The van der Waals surface area contributed by atoms with E-state index in [9.17, 15) is 4.79 Å². The molecule has 0 aromatic heterocycles. The first-order chi connectivity index (χ1) is 9.22. The largest absolute Gasteiger partial charge is 0.462 e. The van der Waals surface area contributed by atoms with Crippen molar-refractivity contribution in [1.82, 2.24) is 0 Å². The van der Waals surface area contributed by atoms with Crippen molar-refractivity contribution in [1.29, 1.82) is 0 Å². The average Bonchev–Trinajstić information content (AvgIpc) is 2.40. The Hall–Kier alpha value is -0.790. The Bertz CT molecular complexity index is 262. The van der Waals surface area contributed by atoms with Gasteiger partial charge in [0.25, 0.3) is 0 Å². The molecule has 110 valence electrons. The molecule has 0 bridgehead atoms. The van der Waals surface area contributed by atoms with E-state index >= 15 is 0 Å². The predicted octanol–water partition coefficient (Wildman–Crippen LogP) is 5.03. The summed E-state index contributed by atoms with van der Waals surface area (Å²) in [5, 5.41) is 0. The molecule has 0 unspecified atom stereocenters. The molecule has 0 aromatic rings. The van der Waals surface area contributed by atoms with Gasteiger partial charge in [0.1, 0.15) is 0 Å². The number of hydrogen-bond donors (Lipinski definition) is 0. The molecule has 0 aliphatic heterocycles. The van der Waals surface area contributed by atoms with E-state index in [4.69, 9.17) is 4.74 Å². The molecule has 1 saturated carbocycles. The van der Waals surface area contributed by atoms with E-state index in [0.717, 1.165) is 0 Å². The van der Waals surface area contributed by atoms with Crippen LogP contribution in [0.4, 0.5) is 0 Å². The van der Waals surface area contributed by atoms with E-state index in [1.54, 1.807) is 0 Å². The Balaban J connectivity index is 2.57. The van der Waals surface area contributed by atoms with Gasteiger partial charge in [0.2, 0.25) is 0 Å². The number of hydrogen-bond acceptors (Lipinski definition) is 2. The van der Waals surface area contributed by atoms with Crippen molar-refractivity contribution in [2.45, 2.75) is 77.6 Å². The predicted molar refractivity (Wildman–Crippen MR) is 80.1 cm³/mol. The highest BCUT2D eigenvalue weighted by Crippen LogP contribution is 2.39. The molecule has 0 atom stereocenters. The van der Waals surface area contributed by atoms with Gasteiger partial charge in [-0.1, -0.05) is 64.9 Å². The van der Waals surface area contributed by atoms with Crippen molar-refractivity contribution >= 4 is 5.97 Å². The van der Waals surface area contributed by atoms with E-state index in [0.29, 0.717) is 6.61 Å². The summed E-state index contributed by atoms with van der Waals surface area (Å²) in [6.07, 6.45) is 15.4. The summed E-state index contributed by atoms with van der Waals surface area (Å²) < 4.78 is 5.40. The fourth-order valence-electron chi connectivity index (χ4n) is 3.15. The molecule has 1 aliphatic rings. The number of esters is 1. The average molecular weight is 266 g/mol. The molecule has 0 spiro atoms. The van der Waals surface area contributed by atoms with E-state index in [2.05, 4.69) is 13.5 Å². The zero-order valence-electron chi connectivity index (χ0n) is 12.6. The zero-order valence-corrected chi connectivity index (χ0v) is 12.6. The highest BCUT2D eigenvalue weighted by molar-refractivity contribution is 5.81. The van der Waals surface area contributed by atoms with Crippen molar-refractivity contribution in [3.63, 3.8) is 0 Å². The Labute approximate surface area is 118 Å². The Morgan fingerprint density at radius 2 is 1.79 bits per heavy atom. The van der Waals surface area contributed by atoms with E-state index < -0.39 is 0 Å². The lowest BCUT2D eigenvalue weighted by molar-refractivity contribution is -0.142. The molecule has 0 amide bonds. The van der Waals surface area contributed by atoms with Gasteiger partial charge in [-0.25, -0.2) is 4.79 Å². The second-order valence-corrected chi connectivity index (χ2v) is 6.04. The minimum atomic E-state index is -0.267. The summed E-state index contributed by atoms with van der Waals surface area (Å²) in [5.41, 5.74) is 0.244. The smallest absolute Gasteiger partial charge is 0.330 e. The third kappa shape index (κ3) is 6.26. The molecule has 2 heteroatoms. The van der Waals surface area contributed by atoms with Gasteiger partial charge in [0, 0.05) is 11.5 Å². The van der Waals surface area contributed by atoms with E-state index in [1.807, 2.05) is 0 Å². The summed E-state index contributed by atoms with van der Waals surface area (Å²) in [6, 6.07) is 0. The van der Waals surface area contributed by atoms with Crippen LogP contribution >= 0.6 is 0 Å². The van der Waals surface area contributed by atoms with Crippen LogP contribution < -0.4 is 0 Å². The number of carbonyl (C=O) groups excluding carboxylic acids is 1. The number of ether oxygens (including phenoxy) is 1. The molecule has 1 rings (SSSR count). The van der Waals surface area contributed by atoms with Gasteiger partial charge in [-0.3, -0.25) is 0 Å². The summed E-state index contributed by atoms with van der Waals surface area (Å²) in [6.45, 7) is 6.32. The van der Waals surface area contributed by atoms with Gasteiger partial charge < -0.3 is 4.74 Å². The van der Waals surface area contributed by atoms with Crippen LogP contribution in [0.15, 0.2) is 12.7 Å². The number of rotatable bonds is 7. The Kier molecular flexibility index (Phi) is 7.85. The molecule has 1 aliphatic carbocycles. The SMILES string of the molecule is C=CC(=O)OCC1(CCCCC)CCCCCCC1. The summed E-state index contributed by atoms with van der Waals surface area (Å²) in [4.78, 5) is 11.3. The number of carbonyl (C=O) groups is 1. The summed E-state index contributed by atoms with van der Waals surface area (Å²) in [5.74, 6) is -0.267. The Morgan fingerprint density at radius 3 is 2.37 bits per heavy atom. The highest BCUT2D eigenvalue weighted by atomic mass is 16.5. The number of unbranched alkanes of at least 4 members (excludes halogenated alkanes) is 2. The van der Waals surface area contributed by atoms with Crippen molar-refractivity contribution in [3.8, 4) is 0 Å². The van der Waals surface area contributed by atoms with Crippen molar-refractivity contribution < 1.29 is 9.53 Å². The van der Waals surface area contributed by atoms with Crippen LogP contribution in [0.25, 0.3) is 0 Å². The lowest BCUT2D eigenvalue weighted by Gasteiger charge is -2.35. The monoisotopic (exact) mass is 266 g/mol. The van der Waals surface area contributed by atoms with Gasteiger partial charge in [-0.05, 0) is 19.3 Å². The summed E-state index contributed by atoms with van der Waals surface area (Å²) >= 11 is 0. The molecule has 19 heavy (non-hydrogen) atoms. The molecular weight excluding hydrogens is 236 g/mol. The lowest BCUT2D eigenvalue weighted by atomic mass is 9.73. The fourth-order valence-corrected chi connectivity index (χ4v) is 3.15. The maximum Gasteiger partial charge on any atom is 0.330 e. The van der Waals surface area contributed by atoms with Crippen LogP contribution in [0.3, 0.4) is 0 Å². The maximum absolute atomic E-state index is 11.3. The van der Waals surface area contributed by atoms with Crippen LogP contribution in [0.2, 0.25) is 0 Å². The van der Waals surface area contributed by atoms with Crippen LogP contribution in [-0.4, -0.2) is 12.6 Å². The van der Waals surface area contributed by atoms with Crippen molar-refractivity contribution in [2.24, 2.45) is 5.41 Å².